The number of carbonyl (C=O) groups is 1. The van der Waals surface area contributed by atoms with Gasteiger partial charge in [0.2, 0.25) is 5.91 Å². The highest BCUT2D eigenvalue weighted by Crippen LogP contribution is 2.30. The summed E-state index contributed by atoms with van der Waals surface area (Å²) in [6, 6.07) is 10.8. The maximum Gasteiger partial charge on any atom is 0.234 e. The van der Waals surface area contributed by atoms with Gasteiger partial charge in [0.05, 0.1) is 11.3 Å². The van der Waals surface area contributed by atoms with E-state index >= 15 is 0 Å². The van der Waals surface area contributed by atoms with Crippen LogP contribution in [-0.2, 0) is 11.3 Å². The van der Waals surface area contributed by atoms with Crippen molar-refractivity contribution in [1.29, 1.82) is 0 Å². The van der Waals surface area contributed by atoms with Gasteiger partial charge < -0.3 is 15.0 Å². The molecular weight excluding hydrogens is 440 g/mol. The normalized spacial score (nSPS) is 10.9. The SMILES string of the molecule is CCn1c(SCC(=O)Nc2ccc(Br)c(C)c2C)nnc1-c1ccccc1O. The summed E-state index contributed by atoms with van der Waals surface area (Å²) in [7, 11) is 0. The first-order chi connectivity index (χ1) is 13.4. The van der Waals surface area contributed by atoms with E-state index in [-0.39, 0.29) is 17.4 Å². The molecule has 0 aliphatic carbocycles. The molecule has 8 heteroatoms. The molecule has 0 fully saturated rings. The molecule has 1 heterocycles. The molecule has 0 unspecified atom stereocenters. The Morgan fingerprint density at radius 2 is 1.93 bits per heavy atom. The summed E-state index contributed by atoms with van der Waals surface area (Å²) in [4.78, 5) is 12.4. The first kappa shape index (κ1) is 20.4. The molecule has 0 radical (unpaired) electrons. The van der Waals surface area contributed by atoms with Gasteiger partial charge in [-0.1, -0.05) is 39.8 Å². The molecule has 0 atom stereocenters. The molecule has 0 bridgehead atoms. The molecule has 3 aromatic rings. The molecule has 0 saturated heterocycles. The summed E-state index contributed by atoms with van der Waals surface area (Å²) in [6.07, 6.45) is 0. The van der Waals surface area contributed by atoms with Gasteiger partial charge in [-0.05, 0) is 56.2 Å². The van der Waals surface area contributed by atoms with Gasteiger partial charge in [-0.3, -0.25) is 4.79 Å². The van der Waals surface area contributed by atoms with E-state index < -0.39 is 0 Å². The number of phenols is 1. The van der Waals surface area contributed by atoms with Gasteiger partial charge in [-0.25, -0.2) is 0 Å². The van der Waals surface area contributed by atoms with E-state index in [1.54, 1.807) is 18.2 Å². The summed E-state index contributed by atoms with van der Waals surface area (Å²) in [5, 5.41) is 22.1. The van der Waals surface area contributed by atoms with Crippen LogP contribution in [0.4, 0.5) is 5.69 Å². The van der Waals surface area contributed by atoms with Gasteiger partial charge in [0.15, 0.2) is 11.0 Å². The molecular formula is C20H21BrN4O2S. The minimum Gasteiger partial charge on any atom is -0.507 e. The van der Waals surface area contributed by atoms with Crippen LogP contribution in [0.2, 0.25) is 0 Å². The second-order valence-electron chi connectivity index (χ2n) is 6.25. The van der Waals surface area contributed by atoms with Crippen LogP contribution >= 0.6 is 27.7 Å². The predicted octanol–water partition coefficient (Wildman–Crippen LogP) is 4.78. The summed E-state index contributed by atoms with van der Waals surface area (Å²) in [5.41, 5.74) is 3.56. The number of nitrogens with one attached hydrogen (secondary N) is 1. The lowest BCUT2D eigenvalue weighted by atomic mass is 10.1. The molecule has 3 rings (SSSR count). The number of aromatic nitrogens is 3. The van der Waals surface area contributed by atoms with Crippen LogP contribution in [0.5, 0.6) is 5.75 Å². The van der Waals surface area contributed by atoms with Crippen LogP contribution in [0.25, 0.3) is 11.4 Å². The monoisotopic (exact) mass is 460 g/mol. The van der Waals surface area contributed by atoms with Crippen molar-refractivity contribution >= 4 is 39.3 Å². The minimum atomic E-state index is -0.107. The number of amides is 1. The summed E-state index contributed by atoms with van der Waals surface area (Å²) in [5.74, 6) is 0.848. The Kier molecular flexibility index (Phi) is 6.41. The second-order valence-corrected chi connectivity index (χ2v) is 8.05. The fourth-order valence-electron chi connectivity index (χ4n) is 2.78. The van der Waals surface area contributed by atoms with Crippen molar-refractivity contribution in [2.24, 2.45) is 0 Å². The molecule has 1 aromatic heterocycles. The van der Waals surface area contributed by atoms with Crippen LogP contribution in [0, 0.1) is 13.8 Å². The number of rotatable bonds is 6. The fourth-order valence-corrected chi connectivity index (χ4v) is 4.01. The van der Waals surface area contributed by atoms with Crippen molar-refractivity contribution in [1.82, 2.24) is 14.8 Å². The smallest absolute Gasteiger partial charge is 0.234 e. The van der Waals surface area contributed by atoms with Crippen LogP contribution in [-0.4, -0.2) is 31.5 Å². The molecule has 146 valence electrons. The summed E-state index contributed by atoms with van der Waals surface area (Å²) < 4.78 is 2.91. The zero-order chi connectivity index (χ0) is 20.3. The van der Waals surface area contributed by atoms with Gasteiger partial charge in [0, 0.05) is 16.7 Å². The minimum absolute atomic E-state index is 0.107. The number of carbonyl (C=O) groups excluding carboxylic acids is 1. The zero-order valence-corrected chi connectivity index (χ0v) is 18.3. The van der Waals surface area contributed by atoms with E-state index in [4.69, 9.17) is 0 Å². The second kappa shape index (κ2) is 8.79. The van der Waals surface area contributed by atoms with Gasteiger partial charge in [-0.2, -0.15) is 0 Å². The van der Waals surface area contributed by atoms with Crippen LogP contribution in [0.3, 0.4) is 0 Å². The standard InChI is InChI=1S/C20H21BrN4O2S/c1-4-25-19(14-7-5-6-8-17(14)26)23-24-20(25)28-11-18(27)22-16-10-9-15(21)12(2)13(16)3/h5-10,26H,4,11H2,1-3H3,(H,22,27). The van der Waals surface area contributed by atoms with E-state index in [1.807, 2.05) is 43.5 Å². The average molecular weight is 461 g/mol. The third-order valence-corrected chi connectivity index (χ3v) is 6.33. The number of benzene rings is 2. The average Bonchev–Trinajstić information content (AvgIpc) is 3.10. The highest BCUT2D eigenvalue weighted by atomic mass is 79.9. The number of anilines is 1. The third-order valence-electron chi connectivity index (χ3n) is 4.51. The lowest BCUT2D eigenvalue weighted by Gasteiger charge is -2.12. The van der Waals surface area contributed by atoms with Gasteiger partial charge in [0.25, 0.3) is 0 Å². The number of phenolic OH excluding ortho intramolecular Hbond substituents is 1. The van der Waals surface area contributed by atoms with Crippen LogP contribution in [0.15, 0.2) is 46.0 Å². The van der Waals surface area contributed by atoms with Crippen molar-refractivity contribution in [2.75, 3.05) is 11.1 Å². The Morgan fingerprint density at radius 3 is 2.64 bits per heavy atom. The number of hydrogen-bond donors (Lipinski definition) is 2. The lowest BCUT2D eigenvalue weighted by Crippen LogP contribution is -2.15. The van der Waals surface area contributed by atoms with E-state index in [0.717, 1.165) is 21.3 Å². The maximum atomic E-state index is 12.4. The summed E-state index contributed by atoms with van der Waals surface area (Å²) >= 11 is 4.82. The van der Waals surface area contributed by atoms with E-state index in [1.165, 1.54) is 11.8 Å². The van der Waals surface area contributed by atoms with E-state index in [2.05, 4.69) is 31.4 Å². The Morgan fingerprint density at radius 1 is 1.18 bits per heavy atom. The number of thioether (sulfide) groups is 1. The van der Waals surface area contributed by atoms with E-state index in [9.17, 15) is 9.90 Å². The molecule has 6 nitrogen and oxygen atoms in total. The highest BCUT2D eigenvalue weighted by molar-refractivity contribution is 9.10. The number of para-hydroxylation sites is 1. The Labute approximate surface area is 176 Å². The zero-order valence-electron chi connectivity index (χ0n) is 15.9. The van der Waals surface area contributed by atoms with Crippen molar-refractivity contribution in [3.8, 4) is 17.1 Å². The Bertz CT molecular complexity index is 1020. The molecule has 28 heavy (non-hydrogen) atoms. The highest BCUT2D eigenvalue weighted by Gasteiger charge is 2.17. The number of halogens is 1. The quantitative estimate of drug-likeness (QED) is 0.517. The van der Waals surface area contributed by atoms with Gasteiger partial charge in [-0.15, -0.1) is 10.2 Å². The molecule has 2 aromatic carbocycles. The number of hydrogen-bond acceptors (Lipinski definition) is 5. The first-order valence-corrected chi connectivity index (χ1v) is 10.6. The molecule has 0 aliphatic rings. The summed E-state index contributed by atoms with van der Waals surface area (Å²) in [6.45, 7) is 6.60. The predicted molar refractivity (Wildman–Crippen MR) is 116 cm³/mol. The Balaban J connectivity index is 1.72. The maximum absolute atomic E-state index is 12.4. The fraction of sp³-hybridized carbons (Fsp3) is 0.250. The van der Waals surface area contributed by atoms with Crippen LogP contribution < -0.4 is 5.32 Å². The van der Waals surface area contributed by atoms with Gasteiger partial charge in [0.1, 0.15) is 5.75 Å². The van der Waals surface area contributed by atoms with Crippen molar-refractivity contribution in [3.63, 3.8) is 0 Å². The topological polar surface area (TPSA) is 80.0 Å². The number of nitrogens with zero attached hydrogens (tertiary/aromatic N) is 3. The first-order valence-electron chi connectivity index (χ1n) is 8.82. The van der Waals surface area contributed by atoms with Gasteiger partial charge >= 0.3 is 0 Å². The molecule has 0 spiro atoms. The molecule has 1 amide bonds. The van der Waals surface area contributed by atoms with Crippen molar-refractivity contribution in [2.45, 2.75) is 32.5 Å². The third kappa shape index (κ3) is 4.23. The van der Waals surface area contributed by atoms with E-state index in [0.29, 0.717) is 23.1 Å². The largest absolute Gasteiger partial charge is 0.507 e. The molecule has 0 aliphatic heterocycles. The van der Waals surface area contributed by atoms with Crippen molar-refractivity contribution < 1.29 is 9.90 Å². The van der Waals surface area contributed by atoms with Crippen LogP contribution in [0.1, 0.15) is 18.1 Å². The molecule has 2 N–H and O–H groups in total. The Hall–Kier alpha value is -2.32. The lowest BCUT2D eigenvalue weighted by molar-refractivity contribution is -0.113. The molecule has 0 saturated carbocycles. The van der Waals surface area contributed by atoms with Crippen molar-refractivity contribution in [3.05, 3.63) is 52.0 Å². The number of aromatic hydroxyl groups is 1.